The van der Waals surface area contributed by atoms with E-state index >= 15 is 0 Å². The van der Waals surface area contributed by atoms with Gasteiger partial charge in [0.2, 0.25) is 0 Å². The lowest BCUT2D eigenvalue weighted by atomic mass is 9.76. The molecule has 0 aromatic heterocycles. The minimum Gasteiger partial charge on any atom is -0.393 e. The monoisotopic (exact) mass is 242 g/mol. The van der Waals surface area contributed by atoms with E-state index in [0.717, 1.165) is 38.4 Å². The van der Waals surface area contributed by atoms with Gasteiger partial charge in [0.15, 0.2) is 0 Å². The summed E-state index contributed by atoms with van der Waals surface area (Å²) in [6.45, 7) is 6.16. The Morgan fingerprint density at radius 2 is 1.88 bits per heavy atom. The smallest absolute Gasteiger partial charge is 0.0569 e. The number of unbranched alkanes of at least 4 members (excludes halogenated alkanes) is 1. The van der Waals surface area contributed by atoms with Crippen molar-refractivity contribution in [3.63, 3.8) is 0 Å². The van der Waals surface area contributed by atoms with Crippen LogP contribution in [0.4, 0.5) is 0 Å². The molecule has 102 valence electrons. The molecule has 3 atom stereocenters. The Labute approximate surface area is 107 Å². The molecule has 2 nitrogen and oxygen atoms in total. The first-order valence-corrected chi connectivity index (χ1v) is 7.53. The summed E-state index contributed by atoms with van der Waals surface area (Å²) in [5.74, 6) is 1.34. The van der Waals surface area contributed by atoms with Crippen LogP contribution in [0.3, 0.4) is 0 Å². The number of hydrogen-bond donors (Lipinski definition) is 1. The third kappa shape index (κ3) is 5.87. The zero-order chi connectivity index (χ0) is 12.5. The highest BCUT2D eigenvalue weighted by Crippen LogP contribution is 2.33. The largest absolute Gasteiger partial charge is 0.393 e. The summed E-state index contributed by atoms with van der Waals surface area (Å²) in [4.78, 5) is 0. The lowest BCUT2D eigenvalue weighted by Gasteiger charge is -2.33. The summed E-state index contributed by atoms with van der Waals surface area (Å²) in [7, 11) is 0. The van der Waals surface area contributed by atoms with E-state index in [-0.39, 0.29) is 6.10 Å². The number of ether oxygens (including phenoxy) is 1. The Kier molecular flexibility index (Phi) is 7.87. The van der Waals surface area contributed by atoms with Gasteiger partial charge in [0, 0.05) is 13.2 Å². The molecule has 0 aliphatic heterocycles. The molecule has 0 aromatic rings. The Morgan fingerprint density at radius 3 is 2.59 bits per heavy atom. The van der Waals surface area contributed by atoms with Gasteiger partial charge in [0.1, 0.15) is 0 Å². The van der Waals surface area contributed by atoms with E-state index in [9.17, 15) is 5.11 Å². The standard InChI is InChI=1S/C15H30O2/c1-3-5-10-17-11-9-14-12-13(6-4-2)7-8-15(14)16/h13-16H,3-12H2,1-2H3. The minimum atomic E-state index is -0.0714. The second-order valence-corrected chi connectivity index (χ2v) is 5.55. The number of aliphatic hydroxyl groups is 1. The first-order valence-electron chi connectivity index (χ1n) is 7.53. The predicted molar refractivity (Wildman–Crippen MR) is 72.1 cm³/mol. The topological polar surface area (TPSA) is 29.5 Å². The Hall–Kier alpha value is -0.0800. The molecule has 17 heavy (non-hydrogen) atoms. The molecule has 1 saturated carbocycles. The van der Waals surface area contributed by atoms with E-state index in [1.165, 1.54) is 32.1 Å². The molecule has 0 spiro atoms. The van der Waals surface area contributed by atoms with Crippen molar-refractivity contribution in [1.82, 2.24) is 0 Å². The van der Waals surface area contributed by atoms with Crippen LogP contribution in [0.1, 0.15) is 65.2 Å². The molecule has 1 aliphatic rings. The van der Waals surface area contributed by atoms with Crippen LogP contribution in [0.2, 0.25) is 0 Å². The van der Waals surface area contributed by atoms with E-state index < -0.39 is 0 Å². The zero-order valence-electron chi connectivity index (χ0n) is 11.7. The summed E-state index contributed by atoms with van der Waals surface area (Å²) < 4.78 is 5.61. The van der Waals surface area contributed by atoms with Crippen LogP contribution in [0.25, 0.3) is 0 Å². The van der Waals surface area contributed by atoms with Crippen molar-refractivity contribution in [1.29, 1.82) is 0 Å². The molecule has 0 heterocycles. The lowest BCUT2D eigenvalue weighted by molar-refractivity contribution is 0.0214. The Balaban J connectivity index is 2.15. The van der Waals surface area contributed by atoms with E-state index in [1.54, 1.807) is 0 Å². The van der Waals surface area contributed by atoms with E-state index in [2.05, 4.69) is 13.8 Å². The van der Waals surface area contributed by atoms with Gasteiger partial charge in [0.05, 0.1) is 6.10 Å². The van der Waals surface area contributed by atoms with Gasteiger partial charge < -0.3 is 9.84 Å². The molecule has 0 bridgehead atoms. The van der Waals surface area contributed by atoms with E-state index in [4.69, 9.17) is 4.74 Å². The number of hydrogen-bond acceptors (Lipinski definition) is 2. The molecule has 1 aliphatic carbocycles. The molecule has 1 N–H and O–H groups in total. The van der Waals surface area contributed by atoms with Gasteiger partial charge in [-0.2, -0.15) is 0 Å². The fraction of sp³-hybridized carbons (Fsp3) is 1.00. The summed E-state index contributed by atoms with van der Waals surface area (Å²) in [5.41, 5.74) is 0. The number of rotatable bonds is 8. The summed E-state index contributed by atoms with van der Waals surface area (Å²) in [6, 6.07) is 0. The number of aliphatic hydroxyl groups excluding tert-OH is 1. The van der Waals surface area contributed by atoms with Crippen molar-refractivity contribution >= 4 is 0 Å². The third-order valence-corrected chi connectivity index (χ3v) is 4.02. The average Bonchev–Trinajstić information content (AvgIpc) is 2.33. The highest BCUT2D eigenvalue weighted by atomic mass is 16.5. The van der Waals surface area contributed by atoms with Crippen LogP contribution < -0.4 is 0 Å². The Bertz CT molecular complexity index is 182. The van der Waals surface area contributed by atoms with Crippen LogP contribution in [-0.2, 0) is 4.74 Å². The molecule has 0 radical (unpaired) electrons. The highest BCUT2D eigenvalue weighted by molar-refractivity contribution is 4.79. The quantitative estimate of drug-likeness (QED) is 0.657. The van der Waals surface area contributed by atoms with Crippen LogP contribution in [-0.4, -0.2) is 24.4 Å². The molecule has 3 unspecified atom stereocenters. The zero-order valence-corrected chi connectivity index (χ0v) is 11.7. The van der Waals surface area contributed by atoms with Crippen LogP contribution in [0.15, 0.2) is 0 Å². The SMILES string of the molecule is CCCCOCCC1CC(CCC)CCC1O. The second-order valence-electron chi connectivity index (χ2n) is 5.55. The van der Waals surface area contributed by atoms with Crippen LogP contribution >= 0.6 is 0 Å². The maximum absolute atomic E-state index is 10.0. The predicted octanol–water partition coefficient (Wildman–Crippen LogP) is 3.77. The van der Waals surface area contributed by atoms with Gasteiger partial charge in [-0.1, -0.05) is 33.1 Å². The van der Waals surface area contributed by atoms with Crippen molar-refractivity contribution in [3.8, 4) is 0 Å². The molecule has 0 aromatic carbocycles. The van der Waals surface area contributed by atoms with Crippen molar-refractivity contribution in [2.45, 2.75) is 71.3 Å². The minimum absolute atomic E-state index is 0.0714. The first kappa shape index (κ1) is 15.0. The van der Waals surface area contributed by atoms with Crippen molar-refractivity contribution in [2.24, 2.45) is 11.8 Å². The maximum Gasteiger partial charge on any atom is 0.0569 e. The normalized spacial score (nSPS) is 29.5. The fourth-order valence-electron chi connectivity index (χ4n) is 2.91. The summed E-state index contributed by atoms with van der Waals surface area (Å²) in [5, 5.41) is 10.0. The van der Waals surface area contributed by atoms with E-state index in [1.807, 2.05) is 0 Å². The third-order valence-electron chi connectivity index (χ3n) is 4.02. The van der Waals surface area contributed by atoms with Crippen molar-refractivity contribution in [3.05, 3.63) is 0 Å². The molecule has 2 heteroatoms. The summed E-state index contributed by atoms with van der Waals surface area (Å²) in [6.07, 6.45) is 9.39. The molecule has 1 fully saturated rings. The summed E-state index contributed by atoms with van der Waals surface area (Å²) >= 11 is 0. The van der Waals surface area contributed by atoms with Gasteiger partial charge in [-0.25, -0.2) is 0 Å². The Morgan fingerprint density at radius 1 is 1.06 bits per heavy atom. The van der Waals surface area contributed by atoms with Gasteiger partial charge in [-0.15, -0.1) is 0 Å². The lowest BCUT2D eigenvalue weighted by Crippen LogP contribution is -2.30. The average molecular weight is 242 g/mol. The second kappa shape index (κ2) is 8.93. The van der Waals surface area contributed by atoms with Gasteiger partial charge in [-0.05, 0) is 43.9 Å². The molecular weight excluding hydrogens is 212 g/mol. The van der Waals surface area contributed by atoms with Crippen molar-refractivity contribution in [2.75, 3.05) is 13.2 Å². The fourth-order valence-corrected chi connectivity index (χ4v) is 2.91. The maximum atomic E-state index is 10.0. The molecule has 0 saturated heterocycles. The first-order chi connectivity index (χ1) is 8.27. The molecule has 0 amide bonds. The molecular formula is C15H30O2. The van der Waals surface area contributed by atoms with Gasteiger partial charge in [-0.3, -0.25) is 0 Å². The van der Waals surface area contributed by atoms with Crippen LogP contribution in [0.5, 0.6) is 0 Å². The van der Waals surface area contributed by atoms with Gasteiger partial charge in [0.25, 0.3) is 0 Å². The van der Waals surface area contributed by atoms with E-state index in [0.29, 0.717) is 5.92 Å². The van der Waals surface area contributed by atoms with Crippen molar-refractivity contribution < 1.29 is 9.84 Å². The van der Waals surface area contributed by atoms with Gasteiger partial charge >= 0.3 is 0 Å². The van der Waals surface area contributed by atoms with Crippen LogP contribution in [0, 0.1) is 11.8 Å². The highest BCUT2D eigenvalue weighted by Gasteiger charge is 2.28. The molecule has 1 rings (SSSR count).